The Kier molecular flexibility index (Phi) is 4.94. The topological polar surface area (TPSA) is 21.3 Å². The van der Waals surface area contributed by atoms with Gasteiger partial charge >= 0.3 is 0 Å². The van der Waals surface area contributed by atoms with E-state index < -0.39 is 0 Å². The van der Waals surface area contributed by atoms with Crippen LogP contribution >= 0.6 is 0 Å². The lowest BCUT2D eigenvalue weighted by Gasteiger charge is -2.35. The number of halogens is 1. The maximum Gasteiger partial charge on any atom is 0.127 e. The quantitative estimate of drug-likeness (QED) is 0.877. The minimum absolute atomic E-state index is 0.0980. The van der Waals surface area contributed by atoms with Gasteiger partial charge in [0.25, 0.3) is 0 Å². The molecule has 0 aromatic heterocycles. The zero-order valence-corrected chi connectivity index (χ0v) is 11.9. The van der Waals surface area contributed by atoms with Crippen LogP contribution in [0.15, 0.2) is 24.3 Å². The number of hydrogen-bond donors (Lipinski definition) is 1. The fraction of sp³-hybridized carbons (Fsp3) is 0.625. The van der Waals surface area contributed by atoms with E-state index in [1.54, 1.807) is 6.07 Å². The van der Waals surface area contributed by atoms with E-state index in [2.05, 4.69) is 19.2 Å². The van der Waals surface area contributed by atoms with Crippen LogP contribution in [0.4, 0.5) is 4.39 Å². The van der Waals surface area contributed by atoms with E-state index >= 15 is 0 Å². The summed E-state index contributed by atoms with van der Waals surface area (Å²) < 4.78 is 19.2. The highest BCUT2D eigenvalue weighted by molar-refractivity contribution is 5.21. The van der Waals surface area contributed by atoms with Crippen LogP contribution in [0.3, 0.4) is 0 Å². The zero-order valence-electron chi connectivity index (χ0n) is 11.9. The smallest absolute Gasteiger partial charge is 0.127 e. The fourth-order valence-corrected chi connectivity index (χ4v) is 2.64. The van der Waals surface area contributed by atoms with E-state index in [1.165, 1.54) is 6.07 Å². The number of ether oxygens (including phenoxy) is 1. The molecule has 0 spiro atoms. The van der Waals surface area contributed by atoms with Gasteiger partial charge in [-0.15, -0.1) is 0 Å². The van der Waals surface area contributed by atoms with Crippen molar-refractivity contribution >= 4 is 0 Å². The fourth-order valence-electron chi connectivity index (χ4n) is 2.64. The first-order valence-corrected chi connectivity index (χ1v) is 7.20. The summed E-state index contributed by atoms with van der Waals surface area (Å²) >= 11 is 0. The van der Waals surface area contributed by atoms with Gasteiger partial charge in [0.2, 0.25) is 0 Å². The molecule has 0 saturated carbocycles. The van der Waals surface area contributed by atoms with Crippen LogP contribution in [0.1, 0.15) is 44.7 Å². The predicted molar refractivity (Wildman–Crippen MR) is 75.6 cm³/mol. The van der Waals surface area contributed by atoms with Crippen molar-refractivity contribution in [2.75, 3.05) is 19.8 Å². The molecule has 1 heterocycles. The summed E-state index contributed by atoms with van der Waals surface area (Å²) in [5, 5.41) is 3.54. The lowest BCUT2D eigenvalue weighted by atomic mass is 9.82. The first-order valence-electron chi connectivity index (χ1n) is 7.20. The second-order valence-corrected chi connectivity index (χ2v) is 5.79. The van der Waals surface area contributed by atoms with Crippen LogP contribution in [-0.2, 0) is 4.74 Å². The number of hydrogen-bond acceptors (Lipinski definition) is 2. The van der Waals surface area contributed by atoms with Crippen LogP contribution in [0.25, 0.3) is 0 Å². The van der Waals surface area contributed by atoms with Crippen molar-refractivity contribution < 1.29 is 9.13 Å². The van der Waals surface area contributed by atoms with Gasteiger partial charge in [0.1, 0.15) is 5.82 Å². The van der Waals surface area contributed by atoms with Gasteiger partial charge < -0.3 is 10.1 Å². The second-order valence-electron chi connectivity index (χ2n) is 5.79. The van der Waals surface area contributed by atoms with E-state index in [4.69, 9.17) is 4.74 Å². The van der Waals surface area contributed by atoms with Crippen LogP contribution in [-0.4, -0.2) is 19.8 Å². The minimum Gasteiger partial charge on any atom is -0.381 e. The molecular weight excluding hydrogens is 241 g/mol. The monoisotopic (exact) mass is 265 g/mol. The zero-order chi connectivity index (χ0) is 13.7. The largest absolute Gasteiger partial charge is 0.381 e. The Morgan fingerprint density at radius 2 is 2.00 bits per heavy atom. The molecule has 2 rings (SSSR count). The average Bonchev–Trinajstić information content (AvgIpc) is 2.42. The van der Waals surface area contributed by atoms with E-state index in [0.717, 1.165) is 44.6 Å². The molecule has 1 saturated heterocycles. The summed E-state index contributed by atoms with van der Waals surface area (Å²) in [5.74, 6) is -0.112. The number of rotatable bonds is 5. The molecule has 2 nitrogen and oxygen atoms in total. The molecule has 1 aliphatic rings. The van der Waals surface area contributed by atoms with Gasteiger partial charge in [0.15, 0.2) is 0 Å². The molecule has 0 bridgehead atoms. The third kappa shape index (κ3) is 3.77. The van der Waals surface area contributed by atoms with Gasteiger partial charge in [-0.2, -0.15) is 0 Å². The minimum atomic E-state index is -0.112. The molecule has 1 atom stereocenters. The Morgan fingerprint density at radius 3 is 2.63 bits per heavy atom. The summed E-state index contributed by atoms with van der Waals surface area (Å²) in [5.41, 5.74) is 1.05. The number of nitrogens with one attached hydrogen (secondary N) is 1. The van der Waals surface area contributed by atoms with E-state index in [1.807, 2.05) is 12.1 Å². The Balaban J connectivity index is 1.98. The predicted octanol–water partition coefficient (Wildman–Crippen LogP) is 3.68. The summed E-state index contributed by atoms with van der Waals surface area (Å²) in [4.78, 5) is 0. The van der Waals surface area contributed by atoms with Crippen molar-refractivity contribution in [2.45, 2.75) is 39.2 Å². The maximum absolute atomic E-state index is 13.8. The molecule has 1 fully saturated rings. The maximum atomic E-state index is 13.8. The van der Waals surface area contributed by atoms with Crippen molar-refractivity contribution in [3.8, 4) is 0 Å². The molecule has 0 aliphatic carbocycles. The lowest BCUT2D eigenvalue weighted by molar-refractivity contribution is 0.0227. The molecule has 1 aromatic carbocycles. The molecule has 1 aliphatic heterocycles. The molecule has 0 amide bonds. The molecule has 1 N–H and O–H groups in total. The summed E-state index contributed by atoms with van der Waals surface area (Å²) in [6.07, 6.45) is 3.05. The Labute approximate surface area is 115 Å². The first-order chi connectivity index (χ1) is 9.14. The van der Waals surface area contributed by atoms with Crippen LogP contribution < -0.4 is 5.32 Å². The van der Waals surface area contributed by atoms with Crippen molar-refractivity contribution in [3.63, 3.8) is 0 Å². The number of benzene rings is 1. The molecule has 1 aromatic rings. The van der Waals surface area contributed by atoms with Crippen LogP contribution in [0.5, 0.6) is 0 Å². The molecule has 19 heavy (non-hydrogen) atoms. The summed E-state index contributed by atoms with van der Waals surface area (Å²) in [6, 6.07) is 7.16. The van der Waals surface area contributed by atoms with Crippen molar-refractivity contribution in [1.82, 2.24) is 5.32 Å². The summed E-state index contributed by atoms with van der Waals surface area (Å²) in [7, 11) is 0. The van der Waals surface area contributed by atoms with E-state index in [9.17, 15) is 4.39 Å². The van der Waals surface area contributed by atoms with E-state index in [-0.39, 0.29) is 17.3 Å². The third-order valence-electron chi connectivity index (χ3n) is 4.16. The SMILES string of the molecule is CCC(NCC1(C)CCOCC1)c1ccccc1F. The van der Waals surface area contributed by atoms with Gasteiger partial charge in [-0.1, -0.05) is 32.0 Å². The average molecular weight is 265 g/mol. The van der Waals surface area contributed by atoms with Gasteiger partial charge in [0, 0.05) is 31.4 Å². The highest BCUT2D eigenvalue weighted by Crippen LogP contribution is 2.30. The van der Waals surface area contributed by atoms with Crippen molar-refractivity contribution in [3.05, 3.63) is 35.6 Å². The van der Waals surface area contributed by atoms with Crippen molar-refractivity contribution in [2.24, 2.45) is 5.41 Å². The Morgan fingerprint density at radius 1 is 1.32 bits per heavy atom. The highest BCUT2D eigenvalue weighted by atomic mass is 19.1. The van der Waals surface area contributed by atoms with Crippen molar-refractivity contribution in [1.29, 1.82) is 0 Å². The molecule has 3 heteroatoms. The standard InChI is InChI=1S/C16H24FNO/c1-3-15(13-6-4-5-7-14(13)17)18-12-16(2)8-10-19-11-9-16/h4-7,15,18H,3,8-12H2,1-2H3. The van der Waals surface area contributed by atoms with E-state index in [0.29, 0.717) is 0 Å². The second kappa shape index (κ2) is 6.49. The normalized spacial score (nSPS) is 20.2. The molecule has 0 radical (unpaired) electrons. The van der Waals surface area contributed by atoms with Crippen LogP contribution in [0.2, 0.25) is 0 Å². The van der Waals surface area contributed by atoms with Gasteiger partial charge in [-0.05, 0) is 30.7 Å². The van der Waals surface area contributed by atoms with Gasteiger partial charge in [0.05, 0.1) is 0 Å². The third-order valence-corrected chi connectivity index (χ3v) is 4.16. The highest BCUT2D eigenvalue weighted by Gasteiger charge is 2.28. The van der Waals surface area contributed by atoms with Gasteiger partial charge in [-0.3, -0.25) is 0 Å². The first kappa shape index (κ1) is 14.5. The summed E-state index contributed by atoms with van der Waals surface area (Å²) in [6.45, 7) is 6.99. The Bertz CT molecular complexity index is 401. The molecule has 1 unspecified atom stereocenters. The lowest BCUT2D eigenvalue weighted by Crippen LogP contribution is -2.38. The molecule has 106 valence electrons. The Hall–Kier alpha value is -0.930. The van der Waals surface area contributed by atoms with Crippen LogP contribution in [0, 0.1) is 11.2 Å². The molecular formula is C16H24FNO. The van der Waals surface area contributed by atoms with Gasteiger partial charge in [-0.25, -0.2) is 4.39 Å².